The zero-order valence-corrected chi connectivity index (χ0v) is 43.5. The Hall–Kier alpha value is -6.35. The number of imidazole rings is 1. The Bertz CT molecular complexity index is 3540. The predicted molar refractivity (Wildman–Crippen MR) is 287 cm³/mol. The number of phenolic OH excluding ortho intramolecular Hbond substituents is 1. The number of nitrogens with zero attached hydrogens (tertiary/aromatic N) is 3. The number of phenols is 1. The van der Waals surface area contributed by atoms with Crippen LogP contribution in [0.2, 0.25) is 0 Å². The Kier molecular flexibility index (Phi) is 11.6. The molecule has 352 valence electrons. The van der Waals surface area contributed by atoms with Crippen LogP contribution in [0.3, 0.4) is 0 Å². The predicted octanol–water partition coefficient (Wildman–Crippen LogP) is 17.4. The van der Waals surface area contributed by atoms with Crippen molar-refractivity contribution in [3.05, 3.63) is 191 Å². The van der Waals surface area contributed by atoms with E-state index in [1.165, 1.54) is 5.56 Å². The minimum Gasteiger partial charge on any atom is -0.507 e. The third kappa shape index (κ3) is 9.79. The summed E-state index contributed by atoms with van der Waals surface area (Å²) in [5, 5.41) is 12.5. The van der Waals surface area contributed by atoms with Gasteiger partial charge in [0.2, 0.25) is 0 Å². The number of hydrogen-bond acceptors (Lipinski definition) is 3. The van der Waals surface area contributed by atoms with Crippen molar-refractivity contribution in [1.29, 1.82) is 0 Å². The van der Waals surface area contributed by atoms with E-state index in [4.69, 9.17) is 18.2 Å². The second kappa shape index (κ2) is 19.2. The molecule has 9 aromatic rings. The fourth-order valence-corrected chi connectivity index (χ4v) is 9.08. The largest absolute Gasteiger partial charge is 0.507 e. The molecule has 0 radical (unpaired) electrons. The molecular weight excluding hydrogens is 1020 g/mol. The summed E-state index contributed by atoms with van der Waals surface area (Å²) in [6.45, 7) is 16.8. The van der Waals surface area contributed by atoms with E-state index in [-0.39, 0.29) is 60.6 Å². The number of fused-ring (bicyclic) bond motifs is 1. The van der Waals surface area contributed by atoms with Crippen LogP contribution in [0.5, 0.6) is 5.75 Å². The van der Waals surface area contributed by atoms with E-state index >= 15 is 0 Å². The van der Waals surface area contributed by atoms with Gasteiger partial charge in [0.05, 0.1) is 22.3 Å². The third-order valence-corrected chi connectivity index (χ3v) is 13.2. The van der Waals surface area contributed by atoms with Gasteiger partial charge >= 0.3 is 0 Å². The second-order valence-corrected chi connectivity index (χ2v) is 20.8. The van der Waals surface area contributed by atoms with Crippen LogP contribution in [0.4, 0.5) is 0 Å². The molecular formula is C64H64N3OPt-. The van der Waals surface area contributed by atoms with Crippen LogP contribution in [-0.4, -0.2) is 19.6 Å². The molecule has 0 saturated carbocycles. The summed E-state index contributed by atoms with van der Waals surface area (Å²) < 4.78 is 52.9. The Labute approximate surface area is 433 Å². The van der Waals surface area contributed by atoms with E-state index in [0.29, 0.717) is 39.4 Å². The van der Waals surface area contributed by atoms with E-state index in [9.17, 15) is 5.11 Å². The van der Waals surface area contributed by atoms with E-state index < -0.39 is 13.7 Å². The van der Waals surface area contributed by atoms with Crippen molar-refractivity contribution in [2.75, 3.05) is 0 Å². The minimum atomic E-state index is -2.51. The molecule has 1 N–H and O–H groups in total. The van der Waals surface area contributed by atoms with Crippen molar-refractivity contribution in [3.63, 3.8) is 0 Å². The summed E-state index contributed by atoms with van der Waals surface area (Å²) in [6, 6.07) is 51.1. The molecule has 0 spiro atoms. The zero-order valence-electron chi connectivity index (χ0n) is 47.2. The minimum absolute atomic E-state index is 0. The number of hydrogen-bond donors (Lipinski definition) is 1. The van der Waals surface area contributed by atoms with Crippen LogP contribution in [0, 0.1) is 19.8 Å². The van der Waals surface area contributed by atoms with E-state index in [2.05, 4.69) is 122 Å². The van der Waals surface area contributed by atoms with Crippen LogP contribution in [0.25, 0.3) is 83.9 Å². The smallest absolute Gasteiger partial charge is 0.148 e. The number of aromatic hydroxyl groups is 1. The van der Waals surface area contributed by atoms with Gasteiger partial charge in [-0.15, -0.1) is 29.3 Å². The van der Waals surface area contributed by atoms with Crippen molar-refractivity contribution in [3.8, 4) is 78.6 Å². The summed E-state index contributed by atoms with van der Waals surface area (Å²) >= 11 is 0. The first-order chi connectivity index (χ1) is 34.8. The van der Waals surface area contributed by atoms with E-state index in [0.717, 1.165) is 61.2 Å². The molecule has 69 heavy (non-hydrogen) atoms. The van der Waals surface area contributed by atoms with Gasteiger partial charge in [-0.25, -0.2) is 4.98 Å². The van der Waals surface area contributed by atoms with Gasteiger partial charge in [0.15, 0.2) is 0 Å². The summed E-state index contributed by atoms with van der Waals surface area (Å²) in [4.78, 5) is 10.5. The molecule has 0 aliphatic heterocycles. The Morgan fingerprint density at radius 2 is 1.26 bits per heavy atom. The molecule has 9 rings (SSSR count). The first-order valence-electron chi connectivity index (χ1n) is 26.7. The summed E-state index contributed by atoms with van der Waals surface area (Å²) in [6.07, 6.45) is 1.77. The average molecular weight is 1090 g/mol. The Morgan fingerprint density at radius 1 is 0.580 bits per heavy atom. The number of para-hydroxylation sites is 1. The molecule has 0 atom stereocenters. The first kappa shape index (κ1) is 41.6. The van der Waals surface area contributed by atoms with Gasteiger partial charge in [-0.3, -0.25) is 9.55 Å². The number of benzene rings is 7. The number of aromatic nitrogens is 3. The standard InChI is InChI=1S/C64H64N3O.Pt/c1-39(2)47-35-53(40(3)4)61(68)56(36-47)62-66-60-52(48-32-49(34-51(33-48)64(10,11)12)57-37-46(29-30-65-57)43-23-21-41(5)22-24-43)19-16-20-58(60)67(62)59-31-42(6)54(44-17-14-13-15-18-44)38-55(59)45-25-27-50(28-26-45)63(7,8)9;/h13-31,33-40,68H,1-12H3;/q-1;/i5D3,6D3;. The molecule has 5 heteroatoms. The molecule has 0 fully saturated rings. The normalized spacial score (nSPS) is 13.6. The van der Waals surface area contributed by atoms with Crippen LogP contribution in [-0.2, 0) is 31.9 Å². The monoisotopic (exact) mass is 1090 g/mol. The van der Waals surface area contributed by atoms with Crippen LogP contribution < -0.4 is 0 Å². The fraction of sp³-hybridized carbons (Fsp3) is 0.250. The number of pyridine rings is 1. The molecule has 0 aliphatic rings. The van der Waals surface area contributed by atoms with Crippen molar-refractivity contribution in [1.82, 2.24) is 14.5 Å². The molecule has 0 amide bonds. The van der Waals surface area contributed by atoms with Gasteiger partial charge < -0.3 is 5.11 Å². The molecule has 0 unspecified atom stereocenters. The maximum absolute atomic E-state index is 12.5. The van der Waals surface area contributed by atoms with Gasteiger partial charge in [0, 0.05) is 46.7 Å². The number of aryl methyl sites for hydroxylation is 2. The van der Waals surface area contributed by atoms with Crippen molar-refractivity contribution in [2.24, 2.45) is 0 Å². The molecule has 2 aromatic heterocycles. The SMILES string of the molecule is [2H]C([2H])([2H])c1ccc(-c2ccnc(-c3[c-]c(-c4cccc5c4nc(-c4cc(C(C)C)cc(C(C)C)c4O)n5-c4cc(C([2H])([2H])[2H])c(-c5ccccc5)cc4-c4ccc(C(C)(C)C)cc4)cc(C(C)(C)C)c3)c2)cc1.[Pt]. The molecule has 2 heterocycles. The molecule has 0 bridgehead atoms. The van der Waals surface area contributed by atoms with Gasteiger partial charge in [-0.1, -0.05) is 189 Å². The van der Waals surface area contributed by atoms with Gasteiger partial charge in [0.25, 0.3) is 0 Å². The van der Waals surface area contributed by atoms with Gasteiger partial charge in [0.1, 0.15) is 11.6 Å². The van der Waals surface area contributed by atoms with Gasteiger partial charge in [-0.2, -0.15) is 0 Å². The topological polar surface area (TPSA) is 50.9 Å². The molecule has 4 nitrogen and oxygen atoms in total. The van der Waals surface area contributed by atoms with Crippen molar-refractivity contribution < 1.29 is 34.4 Å². The van der Waals surface area contributed by atoms with Gasteiger partial charge in [-0.05, 0) is 117 Å². The van der Waals surface area contributed by atoms with Crippen LogP contribution >= 0.6 is 0 Å². The summed E-state index contributed by atoms with van der Waals surface area (Å²) in [5.41, 5.74) is 14.5. The number of rotatable bonds is 9. The summed E-state index contributed by atoms with van der Waals surface area (Å²) in [7, 11) is 0. The zero-order chi connectivity index (χ0) is 53.2. The third-order valence-electron chi connectivity index (χ3n) is 13.2. The van der Waals surface area contributed by atoms with E-state index in [1.54, 1.807) is 18.3 Å². The fourth-order valence-electron chi connectivity index (χ4n) is 9.08. The van der Waals surface area contributed by atoms with Crippen molar-refractivity contribution >= 4 is 11.0 Å². The molecule has 7 aromatic carbocycles. The molecule has 0 aliphatic carbocycles. The maximum Gasteiger partial charge on any atom is 0.148 e. The Morgan fingerprint density at radius 3 is 1.91 bits per heavy atom. The average Bonchev–Trinajstić information content (AvgIpc) is 3.74. The van der Waals surface area contributed by atoms with Crippen molar-refractivity contribution in [2.45, 2.75) is 106 Å². The summed E-state index contributed by atoms with van der Waals surface area (Å²) in [5.74, 6) is 0.701. The first-order valence-corrected chi connectivity index (χ1v) is 23.7. The Balaban J connectivity index is 0.00000747. The van der Waals surface area contributed by atoms with Crippen LogP contribution in [0.15, 0.2) is 152 Å². The van der Waals surface area contributed by atoms with Crippen LogP contribution in [0.1, 0.15) is 123 Å². The second-order valence-electron chi connectivity index (χ2n) is 20.8. The quantitative estimate of drug-likeness (QED) is 0.147. The molecule has 0 saturated heterocycles. The van der Waals surface area contributed by atoms with E-state index in [1.807, 2.05) is 91.0 Å². The maximum atomic E-state index is 12.5.